The standard InChI is InChI=1S/C8H13N3.ClH/c9-8-5-6-10-11(8)7-3-1-2-4-7;/h5-7H,1-4,9H2;1H. The van der Waals surface area contributed by atoms with Crippen molar-refractivity contribution in [3.63, 3.8) is 0 Å². The molecule has 12 heavy (non-hydrogen) atoms. The van der Waals surface area contributed by atoms with E-state index in [-0.39, 0.29) is 12.4 Å². The Labute approximate surface area is 78.4 Å². The summed E-state index contributed by atoms with van der Waals surface area (Å²) in [6.45, 7) is 0. The Bertz CT molecular complexity index is 240. The zero-order valence-electron chi connectivity index (χ0n) is 6.94. The second-order valence-corrected chi connectivity index (χ2v) is 3.14. The predicted molar refractivity (Wildman–Crippen MR) is 51.4 cm³/mol. The van der Waals surface area contributed by atoms with Gasteiger partial charge in [0, 0.05) is 0 Å². The topological polar surface area (TPSA) is 43.8 Å². The zero-order chi connectivity index (χ0) is 7.68. The first-order valence-electron chi connectivity index (χ1n) is 4.17. The van der Waals surface area contributed by atoms with Gasteiger partial charge >= 0.3 is 0 Å². The first-order valence-corrected chi connectivity index (χ1v) is 4.17. The predicted octanol–water partition coefficient (Wildman–Crippen LogP) is 2.00. The number of hydrogen-bond donors (Lipinski definition) is 1. The van der Waals surface area contributed by atoms with Crippen LogP contribution in [0.25, 0.3) is 0 Å². The number of aromatic nitrogens is 2. The van der Waals surface area contributed by atoms with Gasteiger partial charge in [-0.15, -0.1) is 12.4 Å². The van der Waals surface area contributed by atoms with E-state index in [1.165, 1.54) is 25.7 Å². The van der Waals surface area contributed by atoms with Crippen molar-refractivity contribution in [2.75, 3.05) is 5.73 Å². The Morgan fingerprint density at radius 2 is 2.08 bits per heavy atom. The molecule has 0 aromatic carbocycles. The number of nitrogens with two attached hydrogens (primary N) is 1. The lowest BCUT2D eigenvalue weighted by Crippen LogP contribution is -2.09. The molecule has 1 heterocycles. The lowest BCUT2D eigenvalue weighted by molar-refractivity contribution is 0.474. The van der Waals surface area contributed by atoms with Crippen LogP contribution in [0, 0.1) is 0 Å². The highest BCUT2D eigenvalue weighted by Gasteiger charge is 2.18. The molecule has 2 rings (SSSR count). The third-order valence-corrected chi connectivity index (χ3v) is 2.37. The first kappa shape index (κ1) is 9.39. The van der Waals surface area contributed by atoms with Crippen LogP contribution in [0.5, 0.6) is 0 Å². The van der Waals surface area contributed by atoms with Crippen LogP contribution in [0.1, 0.15) is 31.7 Å². The van der Waals surface area contributed by atoms with Crippen molar-refractivity contribution < 1.29 is 0 Å². The molecule has 3 nitrogen and oxygen atoms in total. The van der Waals surface area contributed by atoms with Crippen LogP contribution in [0.3, 0.4) is 0 Å². The number of halogens is 1. The van der Waals surface area contributed by atoms with Crippen molar-refractivity contribution >= 4 is 18.2 Å². The van der Waals surface area contributed by atoms with Crippen molar-refractivity contribution in [3.05, 3.63) is 12.3 Å². The molecular formula is C8H14ClN3. The molecule has 2 N–H and O–H groups in total. The molecule has 0 unspecified atom stereocenters. The molecular weight excluding hydrogens is 174 g/mol. The Hall–Kier alpha value is -0.700. The van der Waals surface area contributed by atoms with Crippen LogP contribution in [-0.4, -0.2) is 9.78 Å². The number of rotatable bonds is 1. The van der Waals surface area contributed by atoms with Crippen LogP contribution >= 0.6 is 12.4 Å². The molecule has 0 atom stereocenters. The number of nitrogen functional groups attached to an aromatic ring is 1. The molecule has 1 aliphatic carbocycles. The monoisotopic (exact) mass is 187 g/mol. The number of hydrogen-bond acceptors (Lipinski definition) is 2. The molecule has 0 spiro atoms. The Kier molecular flexibility index (Phi) is 2.98. The number of nitrogens with zero attached hydrogens (tertiary/aromatic N) is 2. The smallest absolute Gasteiger partial charge is 0.121 e. The summed E-state index contributed by atoms with van der Waals surface area (Å²) < 4.78 is 1.95. The molecule has 0 bridgehead atoms. The minimum absolute atomic E-state index is 0. The van der Waals surface area contributed by atoms with Crippen LogP contribution < -0.4 is 5.73 Å². The maximum absolute atomic E-state index is 5.72. The molecule has 0 amide bonds. The van der Waals surface area contributed by atoms with E-state index >= 15 is 0 Å². The average Bonchev–Trinajstić information content (AvgIpc) is 2.55. The van der Waals surface area contributed by atoms with Crippen molar-refractivity contribution in [3.8, 4) is 0 Å². The first-order chi connectivity index (χ1) is 5.38. The minimum atomic E-state index is 0. The van der Waals surface area contributed by atoms with Gasteiger partial charge in [-0.1, -0.05) is 12.8 Å². The van der Waals surface area contributed by atoms with Crippen molar-refractivity contribution in [1.82, 2.24) is 9.78 Å². The van der Waals surface area contributed by atoms with Crippen LogP contribution in [-0.2, 0) is 0 Å². The summed E-state index contributed by atoms with van der Waals surface area (Å²) in [5.41, 5.74) is 5.72. The summed E-state index contributed by atoms with van der Waals surface area (Å²) in [5, 5.41) is 4.19. The molecule has 1 saturated carbocycles. The molecule has 1 aromatic rings. The Morgan fingerprint density at radius 1 is 1.42 bits per heavy atom. The average molecular weight is 188 g/mol. The van der Waals surface area contributed by atoms with Gasteiger partial charge in [-0.2, -0.15) is 5.10 Å². The van der Waals surface area contributed by atoms with Crippen LogP contribution in [0.2, 0.25) is 0 Å². The quantitative estimate of drug-likeness (QED) is 0.731. The van der Waals surface area contributed by atoms with Crippen LogP contribution in [0.4, 0.5) is 5.82 Å². The van der Waals surface area contributed by atoms with Gasteiger partial charge in [-0.25, -0.2) is 4.68 Å². The van der Waals surface area contributed by atoms with E-state index in [9.17, 15) is 0 Å². The van der Waals surface area contributed by atoms with Gasteiger partial charge in [0.1, 0.15) is 5.82 Å². The highest BCUT2D eigenvalue weighted by atomic mass is 35.5. The van der Waals surface area contributed by atoms with Gasteiger partial charge in [0.2, 0.25) is 0 Å². The fourth-order valence-electron chi connectivity index (χ4n) is 1.78. The van der Waals surface area contributed by atoms with E-state index in [1.54, 1.807) is 6.20 Å². The molecule has 1 aliphatic rings. The Balaban J connectivity index is 0.000000720. The van der Waals surface area contributed by atoms with Crippen molar-refractivity contribution in [1.29, 1.82) is 0 Å². The number of anilines is 1. The maximum Gasteiger partial charge on any atom is 0.121 e. The maximum atomic E-state index is 5.72. The van der Waals surface area contributed by atoms with Gasteiger partial charge in [0.05, 0.1) is 12.2 Å². The van der Waals surface area contributed by atoms with E-state index in [2.05, 4.69) is 5.10 Å². The van der Waals surface area contributed by atoms with E-state index in [1.807, 2.05) is 10.7 Å². The second kappa shape index (κ2) is 3.81. The summed E-state index contributed by atoms with van der Waals surface area (Å²) >= 11 is 0. The van der Waals surface area contributed by atoms with Gasteiger partial charge in [0.25, 0.3) is 0 Å². The summed E-state index contributed by atoms with van der Waals surface area (Å²) in [7, 11) is 0. The normalized spacial score (nSPS) is 17.7. The molecule has 4 heteroatoms. The van der Waals surface area contributed by atoms with E-state index < -0.39 is 0 Å². The summed E-state index contributed by atoms with van der Waals surface area (Å²) in [6.07, 6.45) is 6.90. The lowest BCUT2D eigenvalue weighted by atomic mass is 10.2. The summed E-state index contributed by atoms with van der Waals surface area (Å²) in [4.78, 5) is 0. The van der Waals surface area contributed by atoms with Gasteiger partial charge in [0.15, 0.2) is 0 Å². The lowest BCUT2D eigenvalue weighted by Gasteiger charge is -2.10. The second-order valence-electron chi connectivity index (χ2n) is 3.14. The Morgan fingerprint density at radius 3 is 2.58 bits per heavy atom. The molecule has 0 saturated heterocycles. The molecule has 1 aromatic heterocycles. The highest BCUT2D eigenvalue weighted by Crippen LogP contribution is 2.30. The van der Waals surface area contributed by atoms with Crippen LogP contribution in [0.15, 0.2) is 12.3 Å². The van der Waals surface area contributed by atoms with Gasteiger partial charge < -0.3 is 5.73 Å². The van der Waals surface area contributed by atoms with Gasteiger partial charge in [-0.05, 0) is 18.9 Å². The third kappa shape index (κ3) is 1.55. The fraction of sp³-hybridized carbons (Fsp3) is 0.625. The molecule has 68 valence electrons. The zero-order valence-corrected chi connectivity index (χ0v) is 7.76. The molecule has 1 fully saturated rings. The molecule has 0 aliphatic heterocycles. The SMILES string of the molecule is Cl.Nc1ccnn1C1CCCC1. The molecule has 0 radical (unpaired) electrons. The minimum Gasteiger partial charge on any atom is -0.384 e. The fourth-order valence-corrected chi connectivity index (χ4v) is 1.78. The van der Waals surface area contributed by atoms with Gasteiger partial charge in [-0.3, -0.25) is 0 Å². The van der Waals surface area contributed by atoms with E-state index in [0.29, 0.717) is 6.04 Å². The highest BCUT2D eigenvalue weighted by molar-refractivity contribution is 5.85. The third-order valence-electron chi connectivity index (χ3n) is 2.37. The summed E-state index contributed by atoms with van der Waals surface area (Å²) in [6, 6.07) is 2.43. The van der Waals surface area contributed by atoms with E-state index in [0.717, 1.165) is 5.82 Å². The largest absolute Gasteiger partial charge is 0.384 e. The van der Waals surface area contributed by atoms with E-state index in [4.69, 9.17) is 5.73 Å². The van der Waals surface area contributed by atoms with Crippen molar-refractivity contribution in [2.45, 2.75) is 31.7 Å². The van der Waals surface area contributed by atoms with Crippen molar-refractivity contribution in [2.24, 2.45) is 0 Å². The summed E-state index contributed by atoms with van der Waals surface area (Å²) in [5.74, 6) is 0.803.